The highest BCUT2D eigenvalue weighted by atomic mass is 79.9. The molecule has 0 amide bonds. The molecule has 4 heteroatoms. The Balaban J connectivity index is 1.67. The van der Waals surface area contributed by atoms with Gasteiger partial charge >= 0.3 is 0 Å². The smallest absolute Gasteiger partial charge is 0.162 e. The number of hydrogen-bond donors (Lipinski definition) is 1. The molecule has 3 nitrogen and oxygen atoms in total. The van der Waals surface area contributed by atoms with Crippen molar-refractivity contribution >= 4 is 15.9 Å². The minimum Gasteiger partial charge on any atom is -0.493 e. The van der Waals surface area contributed by atoms with Gasteiger partial charge < -0.3 is 14.8 Å². The second kappa shape index (κ2) is 9.76. The van der Waals surface area contributed by atoms with E-state index < -0.39 is 0 Å². The minimum atomic E-state index is 0.261. The summed E-state index contributed by atoms with van der Waals surface area (Å²) in [6, 6.07) is 23.0. The van der Waals surface area contributed by atoms with E-state index in [0.29, 0.717) is 6.61 Å². The fraction of sp³-hybridized carbons (Fsp3) is 0.250. The fourth-order valence-corrected chi connectivity index (χ4v) is 3.42. The summed E-state index contributed by atoms with van der Waals surface area (Å²) in [5.41, 5.74) is 4.77. The van der Waals surface area contributed by atoms with E-state index in [4.69, 9.17) is 9.47 Å². The number of rotatable bonds is 8. The van der Waals surface area contributed by atoms with Crippen LogP contribution in [0.5, 0.6) is 11.5 Å². The fourth-order valence-electron chi connectivity index (χ4n) is 2.95. The van der Waals surface area contributed by atoms with E-state index in [1.54, 1.807) is 7.11 Å². The number of nitrogens with one attached hydrogen (secondary N) is 1. The van der Waals surface area contributed by atoms with Crippen molar-refractivity contribution in [1.29, 1.82) is 0 Å². The molecule has 0 fully saturated rings. The predicted octanol–water partition coefficient (Wildman–Crippen LogP) is 6.20. The van der Waals surface area contributed by atoms with Crippen LogP contribution in [-0.4, -0.2) is 7.11 Å². The van der Waals surface area contributed by atoms with E-state index in [1.807, 2.05) is 18.2 Å². The van der Waals surface area contributed by atoms with E-state index >= 15 is 0 Å². The summed E-state index contributed by atoms with van der Waals surface area (Å²) in [6.07, 6.45) is 0. The zero-order chi connectivity index (χ0) is 19.9. The molecule has 146 valence electrons. The number of ether oxygens (including phenoxy) is 2. The lowest BCUT2D eigenvalue weighted by atomic mass is 10.1. The van der Waals surface area contributed by atoms with E-state index in [0.717, 1.165) is 33.6 Å². The van der Waals surface area contributed by atoms with Gasteiger partial charge in [0.2, 0.25) is 0 Å². The van der Waals surface area contributed by atoms with Gasteiger partial charge in [0.25, 0.3) is 0 Å². The number of methoxy groups -OCH3 is 1. The Kier molecular flexibility index (Phi) is 7.12. The van der Waals surface area contributed by atoms with Gasteiger partial charge in [0.1, 0.15) is 6.61 Å². The average molecular weight is 440 g/mol. The van der Waals surface area contributed by atoms with Crippen LogP contribution < -0.4 is 14.8 Å². The molecule has 0 aliphatic heterocycles. The summed E-state index contributed by atoms with van der Waals surface area (Å²) in [7, 11) is 1.67. The SMILES string of the molecule is COc1cc(CNC(C)c2ccccc2)c(Br)cc1OCc1ccc(C)cc1. The van der Waals surface area contributed by atoms with E-state index in [2.05, 4.69) is 83.6 Å². The van der Waals surface area contributed by atoms with Gasteiger partial charge in [0, 0.05) is 17.1 Å². The van der Waals surface area contributed by atoms with Gasteiger partial charge in [-0.3, -0.25) is 0 Å². The number of hydrogen-bond acceptors (Lipinski definition) is 3. The van der Waals surface area contributed by atoms with Crippen LogP contribution in [0.2, 0.25) is 0 Å². The lowest BCUT2D eigenvalue weighted by molar-refractivity contribution is 0.284. The maximum absolute atomic E-state index is 6.01. The monoisotopic (exact) mass is 439 g/mol. The third-order valence-electron chi connectivity index (χ3n) is 4.75. The topological polar surface area (TPSA) is 30.5 Å². The van der Waals surface area contributed by atoms with Crippen molar-refractivity contribution in [3.05, 3.63) is 93.5 Å². The first kappa shape index (κ1) is 20.4. The molecule has 1 unspecified atom stereocenters. The molecule has 1 atom stereocenters. The van der Waals surface area contributed by atoms with Gasteiger partial charge in [0.05, 0.1) is 7.11 Å². The first-order valence-electron chi connectivity index (χ1n) is 9.40. The minimum absolute atomic E-state index is 0.261. The Morgan fingerprint density at radius 2 is 1.68 bits per heavy atom. The second-order valence-corrected chi connectivity index (χ2v) is 7.74. The molecular weight excluding hydrogens is 414 g/mol. The summed E-state index contributed by atoms with van der Waals surface area (Å²) < 4.78 is 12.6. The van der Waals surface area contributed by atoms with Crippen molar-refractivity contribution in [3.63, 3.8) is 0 Å². The molecule has 3 aromatic rings. The van der Waals surface area contributed by atoms with Crippen LogP contribution in [0.25, 0.3) is 0 Å². The molecule has 0 aliphatic rings. The average Bonchev–Trinajstić information content (AvgIpc) is 2.73. The Morgan fingerprint density at radius 3 is 2.36 bits per heavy atom. The third kappa shape index (κ3) is 5.37. The van der Waals surface area contributed by atoms with Crippen LogP contribution in [0.4, 0.5) is 0 Å². The van der Waals surface area contributed by atoms with Gasteiger partial charge in [-0.25, -0.2) is 0 Å². The number of aryl methyl sites for hydroxylation is 1. The summed E-state index contributed by atoms with van der Waals surface area (Å²) >= 11 is 3.68. The molecule has 0 spiro atoms. The van der Waals surface area contributed by atoms with Gasteiger partial charge in [-0.1, -0.05) is 76.1 Å². The highest BCUT2D eigenvalue weighted by molar-refractivity contribution is 9.10. The Bertz CT molecular complexity index is 894. The summed E-state index contributed by atoms with van der Waals surface area (Å²) in [5.74, 6) is 1.47. The maximum Gasteiger partial charge on any atom is 0.162 e. The van der Waals surface area contributed by atoms with E-state index in [-0.39, 0.29) is 6.04 Å². The standard InChI is InChI=1S/C24H26BrNO2/c1-17-9-11-19(12-10-17)16-28-24-14-22(25)21(13-23(24)27-3)15-26-18(2)20-7-5-4-6-8-20/h4-14,18,26H,15-16H2,1-3H3. The lowest BCUT2D eigenvalue weighted by Gasteiger charge is -2.17. The third-order valence-corrected chi connectivity index (χ3v) is 5.48. The highest BCUT2D eigenvalue weighted by Crippen LogP contribution is 2.34. The van der Waals surface area contributed by atoms with Crippen molar-refractivity contribution in [3.8, 4) is 11.5 Å². The molecule has 0 bridgehead atoms. The molecule has 1 N–H and O–H groups in total. The molecule has 0 aliphatic carbocycles. The molecule has 0 radical (unpaired) electrons. The zero-order valence-electron chi connectivity index (χ0n) is 16.5. The Morgan fingerprint density at radius 1 is 0.964 bits per heavy atom. The van der Waals surface area contributed by atoms with E-state index in [1.165, 1.54) is 11.1 Å². The van der Waals surface area contributed by atoms with Crippen molar-refractivity contribution in [2.45, 2.75) is 33.0 Å². The summed E-state index contributed by atoms with van der Waals surface area (Å²) in [5, 5.41) is 3.56. The Hall–Kier alpha value is -2.30. The number of benzene rings is 3. The summed E-state index contributed by atoms with van der Waals surface area (Å²) in [4.78, 5) is 0. The van der Waals surface area contributed by atoms with Crippen molar-refractivity contribution in [1.82, 2.24) is 5.32 Å². The van der Waals surface area contributed by atoms with Gasteiger partial charge in [-0.15, -0.1) is 0 Å². The molecule has 0 saturated carbocycles. The number of halogens is 1. The zero-order valence-corrected chi connectivity index (χ0v) is 18.1. The highest BCUT2D eigenvalue weighted by Gasteiger charge is 2.12. The van der Waals surface area contributed by atoms with Crippen LogP contribution in [-0.2, 0) is 13.2 Å². The molecule has 0 saturated heterocycles. The van der Waals surface area contributed by atoms with Crippen LogP contribution in [0, 0.1) is 6.92 Å². The van der Waals surface area contributed by atoms with Crippen LogP contribution in [0.1, 0.15) is 35.2 Å². The van der Waals surface area contributed by atoms with Gasteiger partial charge in [0.15, 0.2) is 11.5 Å². The Labute approximate surface area is 175 Å². The summed E-state index contributed by atoms with van der Waals surface area (Å²) in [6.45, 7) is 5.48. The molecule has 28 heavy (non-hydrogen) atoms. The van der Waals surface area contributed by atoms with Crippen LogP contribution in [0.3, 0.4) is 0 Å². The van der Waals surface area contributed by atoms with Crippen molar-refractivity contribution in [2.24, 2.45) is 0 Å². The predicted molar refractivity (Wildman–Crippen MR) is 118 cm³/mol. The lowest BCUT2D eigenvalue weighted by Crippen LogP contribution is -2.18. The largest absolute Gasteiger partial charge is 0.493 e. The molecular formula is C24H26BrNO2. The van der Waals surface area contributed by atoms with E-state index in [9.17, 15) is 0 Å². The first-order chi connectivity index (χ1) is 13.6. The molecule has 3 aromatic carbocycles. The van der Waals surface area contributed by atoms with Gasteiger partial charge in [-0.05, 0) is 42.7 Å². The van der Waals surface area contributed by atoms with Crippen LogP contribution >= 0.6 is 15.9 Å². The van der Waals surface area contributed by atoms with Crippen LogP contribution in [0.15, 0.2) is 71.2 Å². The second-order valence-electron chi connectivity index (χ2n) is 6.88. The van der Waals surface area contributed by atoms with Gasteiger partial charge in [-0.2, -0.15) is 0 Å². The molecule has 3 rings (SSSR count). The normalized spacial score (nSPS) is 11.9. The quantitative estimate of drug-likeness (QED) is 0.453. The first-order valence-corrected chi connectivity index (χ1v) is 10.2. The van der Waals surface area contributed by atoms with Crippen molar-refractivity contribution < 1.29 is 9.47 Å². The molecule has 0 aromatic heterocycles. The maximum atomic E-state index is 6.01. The van der Waals surface area contributed by atoms with Crippen molar-refractivity contribution in [2.75, 3.05) is 7.11 Å². The molecule has 0 heterocycles.